The predicted octanol–water partition coefficient (Wildman–Crippen LogP) is 0.977. The van der Waals surface area contributed by atoms with E-state index in [2.05, 4.69) is 4.98 Å². The van der Waals surface area contributed by atoms with Gasteiger partial charge in [0.15, 0.2) is 5.76 Å². The van der Waals surface area contributed by atoms with Crippen molar-refractivity contribution < 1.29 is 14.6 Å². The molecule has 8 heteroatoms. The number of rotatable bonds is 5. The molecule has 0 fully saturated rings. The lowest BCUT2D eigenvalue weighted by Crippen LogP contribution is -2.27. The Morgan fingerprint density at radius 1 is 1.38 bits per heavy atom. The number of nitrogens with two attached hydrogens (primary N) is 1. The first-order chi connectivity index (χ1) is 12.5. The molecule has 0 aliphatic carbocycles. The first kappa shape index (κ1) is 17.4. The standard InChI is InChI=1S/C18H16N4O4/c19-7-12-6-14(17(21-18(12)20)15-2-1-5-26-15)11-3-4-16(25)22(8-11)9-13(24)10-23/h1-6,8,13,23-24H,9-10H2,(H2,20,21). The number of anilines is 1. The van der Waals surface area contributed by atoms with Crippen LogP contribution in [0.3, 0.4) is 0 Å². The van der Waals surface area contributed by atoms with Crippen molar-refractivity contribution >= 4 is 5.82 Å². The molecule has 4 N–H and O–H groups in total. The van der Waals surface area contributed by atoms with Crippen LogP contribution in [0.25, 0.3) is 22.6 Å². The van der Waals surface area contributed by atoms with Crippen LogP contribution in [0.2, 0.25) is 0 Å². The molecule has 0 radical (unpaired) electrons. The Bertz CT molecular complexity index is 1020. The molecule has 3 aromatic rings. The molecule has 0 spiro atoms. The maximum atomic E-state index is 12.0. The maximum absolute atomic E-state index is 12.0. The number of pyridine rings is 2. The van der Waals surface area contributed by atoms with E-state index in [1.807, 2.05) is 6.07 Å². The second-order valence-electron chi connectivity index (χ2n) is 5.65. The highest BCUT2D eigenvalue weighted by Gasteiger charge is 2.16. The van der Waals surface area contributed by atoms with Gasteiger partial charge in [-0.2, -0.15) is 5.26 Å². The van der Waals surface area contributed by atoms with Crippen molar-refractivity contribution in [3.8, 4) is 28.7 Å². The molecule has 3 heterocycles. The van der Waals surface area contributed by atoms with Gasteiger partial charge in [0.25, 0.3) is 5.56 Å². The second kappa shape index (κ2) is 7.23. The fraction of sp³-hybridized carbons (Fsp3) is 0.167. The minimum atomic E-state index is -1.06. The summed E-state index contributed by atoms with van der Waals surface area (Å²) in [5.41, 5.74) is 7.27. The lowest BCUT2D eigenvalue weighted by molar-refractivity contribution is 0.0804. The van der Waals surface area contributed by atoms with E-state index >= 15 is 0 Å². The summed E-state index contributed by atoms with van der Waals surface area (Å²) in [5, 5.41) is 27.9. The highest BCUT2D eigenvalue weighted by molar-refractivity contribution is 5.81. The third kappa shape index (κ3) is 3.35. The van der Waals surface area contributed by atoms with Crippen molar-refractivity contribution in [1.29, 1.82) is 5.26 Å². The smallest absolute Gasteiger partial charge is 0.250 e. The molecule has 0 saturated heterocycles. The lowest BCUT2D eigenvalue weighted by atomic mass is 10.0. The van der Waals surface area contributed by atoms with Crippen LogP contribution in [0.5, 0.6) is 0 Å². The van der Waals surface area contributed by atoms with Gasteiger partial charge in [-0.25, -0.2) is 4.98 Å². The Kier molecular flexibility index (Phi) is 4.84. The number of nitrogens with zero attached hydrogens (tertiary/aromatic N) is 3. The summed E-state index contributed by atoms with van der Waals surface area (Å²) in [6.07, 6.45) is 1.96. The van der Waals surface area contributed by atoms with E-state index in [9.17, 15) is 15.2 Å². The first-order valence-electron chi connectivity index (χ1n) is 7.77. The summed E-state index contributed by atoms with van der Waals surface area (Å²) in [5.74, 6) is 0.538. The molecule has 3 rings (SSSR count). The van der Waals surface area contributed by atoms with Crippen LogP contribution in [-0.2, 0) is 6.54 Å². The van der Waals surface area contributed by atoms with E-state index in [0.29, 0.717) is 22.6 Å². The summed E-state index contributed by atoms with van der Waals surface area (Å²) in [4.78, 5) is 16.3. The molecule has 0 aliphatic rings. The molecular weight excluding hydrogens is 336 g/mol. The number of aliphatic hydroxyl groups is 2. The van der Waals surface area contributed by atoms with Crippen LogP contribution in [0.1, 0.15) is 5.56 Å². The van der Waals surface area contributed by atoms with Gasteiger partial charge in [0.2, 0.25) is 0 Å². The van der Waals surface area contributed by atoms with Gasteiger partial charge in [0.05, 0.1) is 31.1 Å². The fourth-order valence-corrected chi connectivity index (χ4v) is 2.56. The lowest BCUT2D eigenvalue weighted by Gasteiger charge is -2.13. The molecule has 0 bridgehead atoms. The van der Waals surface area contributed by atoms with Crippen molar-refractivity contribution in [2.24, 2.45) is 0 Å². The van der Waals surface area contributed by atoms with Gasteiger partial charge in [-0.05, 0) is 24.3 Å². The topological polar surface area (TPSA) is 138 Å². The molecule has 0 amide bonds. The highest BCUT2D eigenvalue weighted by Crippen LogP contribution is 2.32. The fourth-order valence-electron chi connectivity index (χ4n) is 2.56. The zero-order valence-electron chi connectivity index (χ0n) is 13.7. The molecule has 1 unspecified atom stereocenters. The van der Waals surface area contributed by atoms with E-state index < -0.39 is 12.7 Å². The van der Waals surface area contributed by atoms with Crippen molar-refractivity contribution in [1.82, 2.24) is 9.55 Å². The van der Waals surface area contributed by atoms with Crippen LogP contribution < -0.4 is 11.3 Å². The number of nitrogen functional groups attached to an aromatic ring is 1. The van der Waals surface area contributed by atoms with Gasteiger partial charge in [-0.3, -0.25) is 4.79 Å². The Morgan fingerprint density at radius 3 is 2.85 bits per heavy atom. The summed E-state index contributed by atoms with van der Waals surface area (Å²) in [6.45, 7) is -0.525. The maximum Gasteiger partial charge on any atom is 0.250 e. The van der Waals surface area contributed by atoms with Gasteiger partial charge in [-0.1, -0.05) is 0 Å². The van der Waals surface area contributed by atoms with Crippen LogP contribution >= 0.6 is 0 Å². The number of hydrogen-bond donors (Lipinski definition) is 3. The van der Waals surface area contributed by atoms with E-state index in [4.69, 9.17) is 15.3 Å². The van der Waals surface area contributed by atoms with Crippen molar-refractivity contribution in [3.05, 3.63) is 58.7 Å². The Labute approximate surface area is 148 Å². The average molecular weight is 352 g/mol. The molecule has 1 atom stereocenters. The number of aromatic nitrogens is 2. The van der Waals surface area contributed by atoms with Crippen molar-refractivity contribution in [3.63, 3.8) is 0 Å². The van der Waals surface area contributed by atoms with Gasteiger partial charge in [0, 0.05) is 23.4 Å². The van der Waals surface area contributed by atoms with Crippen LogP contribution in [0, 0.1) is 11.3 Å². The van der Waals surface area contributed by atoms with Crippen LogP contribution in [0.4, 0.5) is 5.82 Å². The molecule has 3 aromatic heterocycles. The van der Waals surface area contributed by atoms with Gasteiger partial charge in [-0.15, -0.1) is 0 Å². The largest absolute Gasteiger partial charge is 0.463 e. The van der Waals surface area contributed by atoms with E-state index in [-0.39, 0.29) is 23.5 Å². The number of aliphatic hydroxyl groups excluding tert-OH is 2. The molecule has 0 saturated carbocycles. The molecule has 8 nitrogen and oxygen atoms in total. The molecule has 26 heavy (non-hydrogen) atoms. The van der Waals surface area contributed by atoms with Gasteiger partial charge < -0.3 is 24.9 Å². The van der Waals surface area contributed by atoms with Crippen LogP contribution in [-0.4, -0.2) is 32.5 Å². The summed E-state index contributed by atoms with van der Waals surface area (Å²) >= 11 is 0. The van der Waals surface area contributed by atoms with Gasteiger partial charge in [0.1, 0.15) is 17.6 Å². The first-order valence-corrected chi connectivity index (χ1v) is 7.77. The minimum absolute atomic E-state index is 0.0627. The molecule has 132 valence electrons. The third-order valence-corrected chi connectivity index (χ3v) is 3.84. The highest BCUT2D eigenvalue weighted by atomic mass is 16.3. The summed E-state index contributed by atoms with van der Waals surface area (Å²) in [7, 11) is 0. The molecule has 0 aliphatic heterocycles. The quantitative estimate of drug-likeness (QED) is 0.622. The van der Waals surface area contributed by atoms with E-state index in [0.717, 1.165) is 0 Å². The summed E-state index contributed by atoms with van der Waals surface area (Å²) in [6, 6.07) is 9.90. The van der Waals surface area contributed by atoms with Gasteiger partial charge >= 0.3 is 0 Å². The third-order valence-electron chi connectivity index (χ3n) is 3.84. The monoisotopic (exact) mass is 352 g/mol. The number of hydrogen-bond acceptors (Lipinski definition) is 7. The Hall–Kier alpha value is -3.41. The normalized spacial score (nSPS) is 11.9. The minimum Gasteiger partial charge on any atom is -0.463 e. The van der Waals surface area contributed by atoms with Crippen molar-refractivity contribution in [2.75, 3.05) is 12.3 Å². The van der Waals surface area contributed by atoms with Crippen molar-refractivity contribution in [2.45, 2.75) is 12.6 Å². The SMILES string of the molecule is N#Cc1cc(-c2ccc(=O)n(CC(O)CO)c2)c(-c2ccco2)nc1N. The molecule has 0 aromatic carbocycles. The second-order valence-corrected chi connectivity index (χ2v) is 5.65. The van der Waals surface area contributed by atoms with E-state index in [1.165, 1.54) is 23.1 Å². The average Bonchev–Trinajstić information content (AvgIpc) is 3.18. The predicted molar refractivity (Wildman–Crippen MR) is 93.9 cm³/mol. The summed E-state index contributed by atoms with van der Waals surface area (Å²) < 4.78 is 6.69. The zero-order valence-corrected chi connectivity index (χ0v) is 13.7. The molecular formula is C18H16N4O4. The zero-order chi connectivity index (χ0) is 18.7. The number of nitriles is 1. The van der Waals surface area contributed by atoms with E-state index in [1.54, 1.807) is 24.3 Å². The van der Waals surface area contributed by atoms with Crippen LogP contribution in [0.15, 0.2) is 52.0 Å². The Morgan fingerprint density at radius 2 is 2.19 bits per heavy atom. The Balaban J connectivity index is 2.19. The number of furan rings is 1.